The van der Waals surface area contributed by atoms with Crippen LogP contribution in [0.15, 0.2) is 36.4 Å². The molecule has 0 bridgehead atoms. The van der Waals surface area contributed by atoms with Crippen molar-refractivity contribution in [3.8, 4) is 11.1 Å². The molecule has 0 spiro atoms. The Labute approximate surface area is 127 Å². The quantitative estimate of drug-likeness (QED) is 0.823. The molecule has 0 atom stereocenters. The van der Waals surface area contributed by atoms with Crippen LogP contribution in [0.25, 0.3) is 11.1 Å². The molecule has 1 nitrogen and oxygen atoms in total. The molecule has 0 saturated carbocycles. The highest BCUT2D eigenvalue weighted by Gasteiger charge is 2.10. The molecule has 0 aliphatic rings. The van der Waals surface area contributed by atoms with E-state index in [1.165, 1.54) is 27.8 Å². The van der Waals surface area contributed by atoms with Gasteiger partial charge in [-0.05, 0) is 53.8 Å². The van der Waals surface area contributed by atoms with Crippen LogP contribution in [-0.4, -0.2) is 6.04 Å². The number of hydrogen-bond donors (Lipinski definition) is 1. The molecule has 0 heterocycles. The predicted molar refractivity (Wildman–Crippen MR) is 88.3 cm³/mol. The molecule has 2 aromatic rings. The highest BCUT2D eigenvalue weighted by Crippen LogP contribution is 2.31. The SMILES string of the molecule is Cc1cccc(-c2cc(Cl)ccc2CNC(C)C)c1C. The van der Waals surface area contributed by atoms with E-state index in [1.807, 2.05) is 6.07 Å². The van der Waals surface area contributed by atoms with Crippen LogP contribution in [-0.2, 0) is 6.54 Å². The normalized spacial score (nSPS) is 11.1. The highest BCUT2D eigenvalue weighted by atomic mass is 35.5. The smallest absolute Gasteiger partial charge is 0.0412 e. The molecule has 2 rings (SSSR count). The zero-order valence-electron chi connectivity index (χ0n) is 12.6. The van der Waals surface area contributed by atoms with E-state index >= 15 is 0 Å². The molecule has 1 N–H and O–H groups in total. The maximum atomic E-state index is 6.20. The zero-order chi connectivity index (χ0) is 14.7. The van der Waals surface area contributed by atoms with Gasteiger partial charge in [-0.15, -0.1) is 0 Å². The van der Waals surface area contributed by atoms with Crippen LogP contribution < -0.4 is 5.32 Å². The Balaban J connectivity index is 2.48. The zero-order valence-corrected chi connectivity index (χ0v) is 13.4. The number of rotatable bonds is 4. The Hall–Kier alpha value is -1.31. The van der Waals surface area contributed by atoms with E-state index in [0.717, 1.165) is 11.6 Å². The van der Waals surface area contributed by atoms with Gasteiger partial charge in [0.15, 0.2) is 0 Å². The minimum atomic E-state index is 0.470. The Morgan fingerprint density at radius 2 is 1.80 bits per heavy atom. The minimum Gasteiger partial charge on any atom is -0.310 e. The number of aryl methyl sites for hydroxylation is 1. The van der Waals surface area contributed by atoms with Gasteiger partial charge in [0, 0.05) is 17.6 Å². The summed E-state index contributed by atoms with van der Waals surface area (Å²) in [5.41, 5.74) is 6.42. The van der Waals surface area contributed by atoms with Crippen LogP contribution in [0, 0.1) is 13.8 Å². The summed E-state index contributed by atoms with van der Waals surface area (Å²) in [7, 11) is 0. The third-order valence-corrected chi connectivity index (χ3v) is 3.90. The molecule has 0 saturated heterocycles. The molecule has 0 radical (unpaired) electrons. The lowest BCUT2D eigenvalue weighted by Crippen LogP contribution is -2.22. The predicted octanol–water partition coefficient (Wildman–Crippen LogP) is 5.12. The van der Waals surface area contributed by atoms with E-state index in [1.54, 1.807) is 0 Å². The first-order chi connectivity index (χ1) is 9.49. The minimum absolute atomic E-state index is 0.470. The molecular weight excluding hydrogens is 266 g/mol. The largest absolute Gasteiger partial charge is 0.310 e. The van der Waals surface area contributed by atoms with Crippen LogP contribution in [0.1, 0.15) is 30.5 Å². The molecule has 2 heteroatoms. The summed E-state index contributed by atoms with van der Waals surface area (Å²) in [6.45, 7) is 9.50. The van der Waals surface area contributed by atoms with Gasteiger partial charge in [-0.2, -0.15) is 0 Å². The molecule has 2 aromatic carbocycles. The summed E-state index contributed by atoms with van der Waals surface area (Å²) < 4.78 is 0. The topological polar surface area (TPSA) is 12.0 Å². The number of halogens is 1. The van der Waals surface area contributed by atoms with Gasteiger partial charge in [0.05, 0.1) is 0 Å². The molecule has 0 amide bonds. The first-order valence-electron chi connectivity index (χ1n) is 7.07. The highest BCUT2D eigenvalue weighted by molar-refractivity contribution is 6.30. The Morgan fingerprint density at radius 3 is 2.50 bits per heavy atom. The Bertz CT molecular complexity index is 602. The second-order valence-electron chi connectivity index (χ2n) is 5.58. The van der Waals surface area contributed by atoms with Gasteiger partial charge in [0.25, 0.3) is 0 Å². The van der Waals surface area contributed by atoms with Crippen LogP contribution in [0.2, 0.25) is 5.02 Å². The van der Waals surface area contributed by atoms with E-state index < -0.39 is 0 Å². The number of nitrogens with one attached hydrogen (secondary N) is 1. The fourth-order valence-corrected chi connectivity index (χ4v) is 2.48. The van der Waals surface area contributed by atoms with Crippen molar-refractivity contribution in [3.63, 3.8) is 0 Å². The fourth-order valence-electron chi connectivity index (χ4n) is 2.31. The summed E-state index contributed by atoms with van der Waals surface area (Å²) in [6, 6.07) is 13.1. The van der Waals surface area contributed by atoms with E-state index in [9.17, 15) is 0 Å². The molecule has 0 aliphatic carbocycles. The van der Waals surface area contributed by atoms with E-state index in [2.05, 4.69) is 63.3 Å². The van der Waals surface area contributed by atoms with Gasteiger partial charge < -0.3 is 5.32 Å². The molecule has 20 heavy (non-hydrogen) atoms. The molecule has 0 unspecified atom stereocenters. The summed E-state index contributed by atoms with van der Waals surface area (Å²) >= 11 is 6.20. The standard InChI is InChI=1S/C18H22ClN/c1-12(2)20-11-15-8-9-16(19)10-18(15)17-7-5-6-13(3)14(17)4/h5-10,12,20H,11H2,1-4H3. The summed E-state index contributed by atoms with van der Waals surface area (Å²) in [5.74, 6) is 0. The van der Waals surface area contributed by atoms with Crippen molar-refractivity contribution in [3.05, 3.63) is 58.1 Å². The van der Waals surface area contributed by atoms with Gasteiger partial charge in [0.2, 0.25) is 0 Å². The fraction of sp³-hybridized carbons (Fsp3) is 0.333. The van der Waals surface area contributed by atoms with Crippen LogP contribution in [0.5, 0.6) is 0 Å². The van der Waals surface area contributed by atoms with E-state index in [0.29, 0.717) is 6.04 Å². The maximum absolute atomic E-state index is 6.20. The first kappa shape index (κ1) is 15.1. The van der Waals surface area contributed by atoms with Crippen molar-refractivity contribution >= 4 is 11.6 Å². The van der Waals surface area contributed by atoms with Crippen molar-refractivity contribution < 1.29 is 0 Å². The first-order valence-corrected chi connectivity index (χ1v) is 7.45. The van der Waals surface area contributed by atoms with Gasteiger partial charge in [-0.25, -0.2) is 0 Å². The second-order valence-corrected chi connectivity index (χ2v) is 6.02. The van der Waals surface area contributed by atoms with Crippen LogP contribution >= 0.6 is 11.6 Å². The Morgan fingerprint density at radius 1 is 1.05 bits per heavy atom. The number of hydrogen-bond acceptors (Lipinski definition) is 1. The summed E-state index contributed by atoms with van der Waals surface area (Å²) in [4.78, 5) is 0. The van der Waals surface area contributed by atoms with Crippen LogP contribution in [0.4, 0.5) is 0 Å². The second kappa shape index (κ2) is 6.43. The molecule has 0 fully saturated rings. The van der Waals surface area contributed by atoms with Crippen molar-refractivity contribution in [2.45, 2.75) is 40.3 Å². The summed E-state index contributed by atoms with van der Waals surface area (Å²) in [6.07, 6.45) is 0. The van der Waals surface area contributed by atoms with Gasteiger partial charge in [-0.3, -0.25) is 0 Å². The molecule has 0 aromatic heterocycles. The lowest BCUT2D eigenvalue weighted by atomic mass is 9.93. The third-order valence-electron chi connectivity index (χ3n) is 3.67. The third kappa shape index (κ3) is 3.41. The number of benzene rings is 2. The molecular formula is C18H22ClN. The monoisotopic (exact) mass is 287 g/mol. The average Bonchev–Trinajstić information content (AvgIpc) is 2.40. The lowest BCUT2D eigenvalue weighted by molar-refractivity contribution is 0.589. The Kier molecular flexibility index (Phi) is 4.85. The summed E-state index contributed by atoms with van der Waals surface area (Å²) in [5, 5.41) is 4.27. The van der Waals surface area contributed by atoms with Crippen molar-refractivity contribution in [1.82, 2.24) is 5.32 Å². The van der Waals surface area contributed by atoms with Crippen molar-refractivity contribution in [2.75, 3.05) is 0 Å². The van der Waals surface area contributed by atoms with Gasteiger partial charge >= 0.3 is 0 Å². The van der Waals surface area contributed by atoms with E-state index in [-0.39, 0.29) is 0 Å². The van der Waals surface area contributed by atoms with E-state index in [4.69, 9.17) is 11.6 Å². The molecule has 106 valence electrons. The van der Waals surface area contributed by atoms with Gasteiger partial charge in [-0.1, -0.05) is 49.7 Å². The molecule has 0 aliphatic heterocycles. The average molecular weight is 288 g/mol. The van der Waals surface area contributed by atoms with Crippen LogP contribution in [0.3, 0.4) is 0 Å². The van der Waals surface area contributed by atoms with Crippen molar-refractivity contribution in [1.29, 1.82) is 0 Å². The van der Waals surface area contributed by atoms with Gasteiger partial charge in [0.1, 0.15) is 0 Å². The maximum Gasteiger partial charge on any atom is 0.0412 e. The lowest BCUT2D eigenvalue weighted by Gasteiger charge is -2.16. The van der Waals surface area contributed by atoms with Crippen molar-refractivity contribution in [2.24, 2.45) is 0 Å².